The molecule has 2 amide bonds. The number of carboxylic acids is 1. The van der Waals surface area contributed by atoms with Gasteiger partial charge in [-0.15, -0.1) is 0 Å². The Labute approximate surface area is 152 Å². The van der Waals surface area contributed by atoms with Crippen molar-refractivity contribution in [2.75, 3.05) is 6.54 Å². The van der Waals surface area contributed by atoms with E-state index in [1.165, 1.54) is 11.8 Å². The molecule has 8 heteroatoms. The lowest BCUT2D eigenvalue weighted by Crippen LogP contribution is -2.56. The second-order valence-corrected chi connectivity index (χ2v) is 6.55. The zero-order valence-electron chi connectivity index (χ0n) is 14.7. The molecule has 1 aliphatic rings. The van der Waals surface area contributed by atoms with Crippen molar-refractivity contribution in [1.82, 2.24) is 10.2 Å². The van der Waals surface area contributed by atoms with Gasteiger partial charge in [-0.3, -0.25) is 9.59 Å². The van der Waals surface area contributed by atoms with Gasteiger partial charge in [0.1, 0.15) is 18.1 Å². The number of benzene rings is 1. The van der Waals surface area contributed by atoms with Gasteiger partial charge >= 0.3 is 5.97 Å². The summed E-state index contributed by atoms with van der Waals surface area (Å²) in [5.41, 5.74) is 6.47. The van der Waals surface area contributed by atoms with E-state index in [1.807, 2.05) is 6.07 Å². The van der Waals surface area contributed by atoms with Crippen LogP contribution in [0.1, 0.15) is 25.3 Å². The molecule has 5 N–H and O–H groups in total. The van der Waals surface area contributed by atoms with E-state index >= 15 is 0 Å². The van der Waals surface area contributed by atoms with Crippen molar-refractivity contribution in [3.05, 3.63) is 35.9 Å². The van der Waals surface area contributed by atoms with Crippen molar-refractivity contribution < 1.29 is 24.6 Å². The number of rotatable bonds is 7. The number of carboxylic acid groups (broad SMARTS) is 1. The summed E-state index contributed by atoms with van der Waals surface area (Å²) in [5.74, 6) is -2.16. The molecule has 2 rings (SSSR count). The van der Waals surface area contributed by atoms with Crippen LogP contribution < -0.4 is 11.1 Å². The molecule has 1 aromatic carbocycles. The molecule has 0 spiro atoms. The fourth-order valence-corrected chi connectivity index (χ4v) is 3.02. The normalized spacial score (nSPS) is 20.3. The van der Waals surface area contributed by atoms with E-state index in [4.69, 9.17) is 5.73 Å². The molecule has 4 unspecified atom stereocenters. The highest BCUT2D eigenvalue weighted by Crippen LogP contribution is 2.19. The zero-order valence-corrected chi connectivity index (χ0v) is 14.7. The van der Waals surface area contributed by atoms with Gasteiger partial charge in [-0.05, 0) is 25.3 Å². The van der Waals surface area contributed by atoms with Crippen LogP contribution in [0.25, 0.3) is 0 Å². The number of hydrogen-bond acceptors (Lipinski definition) is 5. The van der Waals surface area contributed by atoms with Crippen LogP contribution in [0.3, 0.4) is 0 Å². The maximum Gasteiger partial charge on any atom is 0.326 e. The predicted octanol–water partition coefficient (Wildman–Crippen LogP) is -0.502. The fraction of sp³-hybridized carbons (Fsp3) is 0.500. The number of amides is 2. The minimum Gasteiger partial charge on any atom is -0.480 e. The molecule has 1 heterocycles. The van der Waals surface area contributed by atoms with Gasteiger partial charge in [-0.25, -0.2) is 4.79 Å². The highest BCUT2D eigenvalue weighted by atomic mass is 16.4. The Morgan fingerprint density at radius 3 is 2.54 bits per heavy atom. The summed E-state index contributed by atoms with van der Waals surface area (Å²) in [6.07, 6.45) is 0.168. The Hall–Kier alpha value is -2.45. The van der Waals surface area contributed by atoms with Gasteiger partial charge in [0.25, 0.3) is 0 Å². The number of nitrogens with two attached hydrogens (primary N) is 1. The van der Waals surface area contributed by atoms with Crippen LogP contribution >= 0.6 is 0 Å². The van der Waals surface area contributed by atoms with Gasteiger partial charge in [0.15, 0.2) is 0 Å². The number of aliphatic hydroxyl groups is 1. The molecule has 0 aromatic heterocycles. The van der Waals surface area contributed by atoms with Crippen LogP contribution in [0.2, 0.25) is 0 Å². The van der Waals surface area contributed by atoms with Gasteiger partial charge in [0.2, 0.25) is 11.8 Å². The molecule has 1 aromatic rings. The topological polar surface area (TPSA) is 133 Å². The number of aliphatic hydroxyl groups excluding tert-OH is 1. The largest absolute Gasteiger partial charge is 0.480 e. The summed E-state index contributed by atoms with van der Waals surface area (Å²) in [4.78, 5) is 37.8. The summed E-state index contributed by atoms with van der Waals surface area (Å²) < 4.78 is 0. The standard InChI is InChI=1S/C18H25N3O5/c1-11(22)15(19)17(24)21-9-5-8-14(21)16(23)20-13(18(25)26)10-12-6-3-2-4-7-12/h2-4,6-7,11,13-15,22H,5,8-10,19H2,1H3,(H,20,23)(H,25,26). The first-order valence-corrected chi connectivity index (χ1v) is 8.62. The quantitative estimate of drug-likeness (QED) is 0.516. The molecule has 4 atom stereocenters. The second kappa shape index (κ2) is 8.77. The van der Waals surface area contributed by atoms with Crippen LogP contribution in [0.4, 0.5) is 0 Å². The number of nitrogens with one attached hydrogen (secondary N) is 1. The van der Waals surface area contributed by atoms with Crippen molar-refractivity contribution in [1.29, 1.82) is 0 Å². The molecule has 1 aliphatic heterocycles. The van der Waals surface area contributed by atoms with E-state index in [2.05, 4.69) is 5.32 Å². The van der Waals surface area contributed by atoms with Gasteiger partial charge in [-0.1, -0.05) is 30.3 Å². The van der Waals surface area contributed by atoms with Crippen LogP contribution in [0.15, 0.2) is 30.3 Å². The molecule has 142 valence electrons. The van der Waals surface area contributed by atoms with E-state index in [9.17, 15) is 24.6 Å². The van der Waals surface area contributed by atoms with E-state index < -0.39 is 42.0 Å². The number of hydrogen-bond donors (Lipinski definition) is 4. The molecule has 1 saturated heterocycles. The predicted molar refractivity (Wildman–Crippen MR) is 94.1 cm³/mol. The average Bonchev–Trinajstić information content (AvgIpc) is 3.10. The first kappa shape index (κ1) is 19.9. The summed E-state index contributed by atoms with van der Waals surface area (Å²) >= 11 is 0. The Bertz CT molecular complexity index is 649. The van der Waals surface area contributed by atoms with Crippen LogP contribution in [-0.4, -0.2) is 63.7 Å². The number of carbonyl (C=O) groups excluding carboxylic acids is 2. The zero-order chi connectivity index (χ0) is 19.3. The van der Waals surface area contributed by atoms with Crippen molar-refractivity contribution in [3.63, 3.8) is 0 Å². The van der Waals surface area contributed by atoms with Gasteiger partial charge in [0.05, 0.1) is 6.10 Å². The third-order valence-electron chi connectivity index (χ3n) is 4.54. The van der Waals surface area contributed by atoms with Crippen molar-refractivity contribution in [2.45, 2.75) is 50.4 Å². The van der Waals surface area contributed by atoms with Crippen LogP contribution in [-0.2, 0) is 20.8 Å². The summed E-state index contributed by atoms with van der Waals surface area (Å²) in [7, 11) is 0. The SMILES string of the molecule is CC(O)C(N)C(=O)N1CCCC1C(=O)NC(Cc1ccccc1)C(=O)O. The molecule has 0 radical (unpaired) electrons. The van der Waals surface area contributed by atoms with Crippen molar-refractivity contribution in [2.24, 2.45) is 5.73 Å². The lowest BCUT2D eigenvalue weighted by Gasteiger charge is -2.28. The summed E-state index contributed by atoms with van der Waals surface area (Å²) in [5, 5.41) is 21.4. The monoisotopic (exact) mass is 363 g/mol. The highest BCUT2D eigenvalue weighted by Gasteiger charge is 2.38. The highest BCUT2D eigenvalue weighted by molar-refractivity contribution is 5.92. The van der Waals surface area contributed by atoms with Gasteiger partial charge in [-0.2, -0.15) is 0 Å². The Morgan fingerprint density at radius 1 is 1.31 bits per heavy atom. The first-order valence-electron chi connectivity index (χ1n) is 8.62. The number of aliphatic carboxylic acids is 1. The third kappa shape index (κ3) is 4.80. The van der Waals surface area contributed by atoms with E-state index in [0.717, 1.165) is 5.56 Å². The number of nitrogens with zero attached hydrogens (tertiary/aromatic N) is 1. The second-order valence-electron chi connectivity index (χ2n) is 6.55. The molecular weight excluding hydrogens is 338 g/mol. The molecule has 0 bridgehead atoms. The van der Waals surface area contributed by atoms with E-state index in [0.29, 0.717) is 19.4 Å². The Kier molecular flexibility index (Phi) is 6.70. The van der Waals surface area contributed by atoms with Crippen molar-refractivity contribution in [3.8, 4) is 0 Å². The molecule has 26 heavy (non-hydrogen) atoms. The fourth-order valence-electron chi connectivity index (χ4n) is 3.02. The summed E-state index contributed by atoms with van der Waals surface area (Å²) in [6.45, 7) is 1.77. The molecule has 1 fully saturated rings. The van der Waals surface area contributed by atoms with Gasteiger partial charge < -0.3 is 26.2 Å². The Morgan fingerprint density at radius 2 is 1.96 bits per heavy atom. The van der Waals surface area contributed by atoms with Crippen LogP contribution in [0, 0.1) is 0 Å². The molecule has 8 nitrogen and oxygen atoms in total. The molecule has 0 saturated carbocycles. The number of carbonyl (C=O) groups is 3. The van der Waals surface area contributed by atoms with E-state index in [1.54, 1.807) is 24.3 Å². The smallest absolute Gasteiger partial charge is 0.326 e. The third-order valence-corrected chi connectivity index (χ3v) is 4.54. The lowest BCUT2D eigenvalue weighted by atomic mass is 10.1. The van der Waals surface area contributed by atoms with Crippen LogP contribution in [0.5, 0.6) is 0 Å². The maximum absolute atomic E-state index is 12.6. The minimum absolute atomic E-state index is 0.149. The molecular formula is C18H25N3O5. The minimum atomic E-state index is -1.14. The van der Waals surface area contributed by atoms with Gasteiger partial charge in [0, 0.05) is 13.0 Å². The average molecular weight is 363 g/mol. The summed E-state index contributed by atoms with van der Waals surface area (Å²) in [6, 6.07) is 6.02. The van der Waals surface area contributed by atoms with E-state index in [-0.39, 0.29) is 6.42 Å². The first-order chi connectivity index (χ1) is 12.3. The molecule has 0 aliphatic carbocycles. The van der Waals surface area contributed by atoms with Crippen molar-refractivity contribution >= 4 is 17.8 Å². The Balaban J connectivity index is 2.05. The number of likely N-dealkylation sites (tertiary alicyclic amines) is 1. The lowest BCUT2D eigenvalue weighted by molar-refractivity contribution is -0.144. The maximum atomic E-state index is 12.6.